The monoisotopic (exact) mass is 455 g/mol. The van der Waals surface area contributed by atoms with E-state index in [1.807, 2.05) is 60.7 Å². The number of phenolic OH excluding ortho intramolecular Hbond substituents is 1. The van der Waals surface area contributed by atoms with Crippen molar-refractivity contribution in [3.05, 3.63) is 101 Å². The number of amides is 1. The van der Waals surface area contributed by atoms with Crippen LogP contribution in [0.15, 0.2) is 78.9 Å². The summed E-state index contributed by atoms with van der Waals surface area (Å²) in [6, 6.07) is 24.2. The van der Waals surface area contributed by atoms with Crippen molar-refractivity contribution in [2.75, 3.05) is 13.2 Å². The third kappa shape index (κ3) is 4.02. The largest absolute Gasteiger partial charge is 0.507 e. The maximum Gasteiger partial charge on any atom is 0.273 e. The van der Waals surface area contributed by atoms with Crippen LogP contribution < -0.4 is 4.74 Å². The first-order valence-electron chi connectivity index (χ1n) is 11.2. The van der Waals surface area contributed by atoms with Crippen LogP contribution in [0.4, 0.5) is 0 Å². The number of H-pyrrole nitrogens is 1. The fraction of sp³-hybridized carbons (Fsp3) is 0.185. The number of nitrogens with zero attached hydrogens (tertiary/aromatic N) is 2. The van der Waals surface area contributed by atoms with E-state index in [1.165, 1.54) is 0 Å². The molecule has 34 heavy (non-hydrogen) atoms. The Labute approximate surface area is 197 Å². The minimum absolute atomic E-state index is 0.0126. The highest BCUT2D eigenvalue weighted by molar-refractivity contribution is 6.00. The Balaban J connectivity index is 1.48. The van der Waals surface area contributed by atoms with Crippen LogP contribution in [0.2, 0.25) is 0 Å². The number of aliphatic hydroxyl groups is 1. The zero-order chi connectivity index (χ0) is 23.5. The van der Waals surface area contributed by atoms with Gasteiger partial charge in [0.1, 0.15) is 29.5 Å². The van der Waals surface area contributed by atoms with Crippen LogP contribution in [0.3, 0.4) is 0 Å². The number of aliphatic hydroxyl groups excluding tert-OH is 1. The van der Waals surface area contributed by atoms with Crippen LogP contribution in [0.1, 0.15) is 39.6 Å². The number of para-hydroxylation sites is 1. The van der Waals surface area contributed by atoms with Crippen LogP contribution in [-0.4, -0.2) is 44.4 Å². The second-order valence-corrected chi connectivity index (χ2v) is 8.20. The fourth-order valence-corrected chi connectivity index (χ4v) is 4.38. The zero-order valence-corrected chi connectivity index (χ0v) is 18.5. The quantitative estimate of drug-likeness (QED) is 0.368. The van der Waals surface area contributed by atoms with Gasteiger partial charge in [-0.3, -0.25) is 9.89 Å². The maximum atomic E-state index is 13.2. The summed E-state index contributed by atoms with van der Waals surface area (Å²) in [6.07, 6.45) is 0.462. The molecule has 1 amide bonds. The number of rotatable bonds is 8. The van der Waals surface area contributed by atoms with E-state index >= 15 is 0 Å². The number of carbonyl (C=O) groups is 1. The predicted octanol–water partition coefficient (Wildman–Crippen LogP) is 4.29. The molecule has 7 heteroatoms. The molecule has 7 nitrogen and oxygen atoms in total. The minimum atomic E-state index is -0.398. The lowest BCUT2D eigenvalue weighted by Gasteiger charge is -2.26. The molecule has 0 radical (unpaired) electrons. The van der Waals surface area contributed by atoms with Crippen LogP contribution in [0.5, 0.6) is 11.5 Å². The number of carbonyl (C=O) groups excluding carboxylic acids is 1. The van der Waals surface area contributed by atoms with Crippen molar-refractivity contribution >= 4 is 5.91 Å². The molecule has 2 heterocycles. The Morgan fingerprint density at radius 2 is 1.71 bits per heavy atom. The van der Waals surface area contributed by atoms with E-state index < -0.39 is 6.04 Å². The summed E-state index contributed by atoms with van der Waals surface area (Å²) in [5, 5.41) is 27.1. The number of benzene rings is 3. The van der Waals surface area contributed by atoms with E-state index in [1.54, 1.807) is 23.1 Å². The smallest absolute Gasteiger partial charge is 0.273 e. The van der Waals surface area contributed by atoms with Crippen molar-refractivity contribution in [2.24, 2.45) is 0 Å². The van der Waals surface area contributed by atoms with E-state index in [9.17, 15) is 15.0 Å². The third-order valence-electron chi connectivity index (χ3n) is 6.02. The SMILES string of the molecule is O=C1c2[nH]nc(-c3ccccc3O)c2[C@H](c2ccc(OCc3ccccc3)cc2)N1CCCO. The van der Waals surface area contributed by atoms with Gasteiger partial charge in [-0.05, 0) is 41.8 Å². The summed E-state index contributed by atoms with van der Waals surface area (Å²) < 4.78 is 5.92. The summed E-state index contributed by atoms with van der Waals surface area (Å²) in [5.74, 6) is 0.653. The summed E-state index contributed by atoms with van der Waals surface area (Å²) in [7, 11) is 0. The maximum absolute atomic E-state index is 13.2. The number of nitrogens with one attached hydrogen (secondary N) is 1. The Morgan fingerprint density at radius 1 is 0.971 bits per heavy atom. The van der Waals surface area contributed by atoms with Gasteiger partial charge in [-0.15, -0.1) is 0 Å². The Hall–Kier alpha value is -4.10. The van der Waals surface area contributed by atoms with Gasteiger partial charge in [-0.1, -0.05) is 54.6 Å². The molecule has 1 aliphatic heterocycles. The molecule has 0 unspecified atom stereocenters. The number of aromatic hydroxyl groups is 1. The van der Waals surface area contributed by atoms with Crippen molar-refractivity contribution in [3.8, 4) is 22.8 Å². The highest BCUT2D eigenvalue weighted by Crippen LogP contribution is 2.44. The number of ether oxygens (including phenoxy) is 1. The van der Waals surface area contributed by atoms with Gasteiger partial charge in [0.05, 0.1) is 6.04 Å². The molecular weight excluding hydrogens is 430 g/mol. The van der Waals surface area contributed by atoms with Gasteiger partial charge in [-0.2, -0.15) is 5.10 Å². The molecule has 0 spiro atoms. The molecule has 1 aliphatic rings. The molecule has 0 saturated carbocycles. The number of aromatic amines is 1. The van der Waals surface area contributed by atoms with Gasteiger partial charge in [0.15, 0.2) is 0 Å². The molecule has 0 bridgehead atoms. The van der Waals surface area contributed by atoms with Gasteiger partial charge < -0.3 is 19.8 Å². The van der Waals surface area contributed by atoms with Crippen molar-refractivity contribution in [1.82, 2.24) is 15.1 Å². The highest BCUT2D eigenvalue weighted by atomic mass is 16.5. The van der Waals surface area contributed by atoms with Crippen LogP contribution in [0, 0.1) is 0 Å². The molecule has 3 aromatic carbocycles. The van der Waals surface area contributed by atoms with Gasteiger partial charge in [-0.25, -0.2) is 0 Å². The number of aromatic nitrogens is 2. The van der Waals surface area contributed by atoms with Gasteiger partial charge in [0, 0.05) is 24.3 Å². The van der Waals surface area contributed by atoms with Gasteiger partial charge in [0.25, 0.3) is 5.91 Å². The standard InChI is InChI=1S/C27H25N3O4/c31-16-6-15-30-26(19-11-13-20(14-12-19)34-17-18-7-2-1-3-8-18)23-24(28-29-25(23)27(30)33)21-9-4-5-10-22(21)32/h1-5,7-14,26,31-32H,6,15-17H2,(H,28,29)/t26-/m0/s1. The number of fused-ring (bicyclic) bond motifs is 1. The third-order valence-corrected chi connectivity index (χ3v) is 6.02. The first-order valence-corrected chi connectivity index (χ1v) is 11.2. The number of hydrogen-bond donors (Lipinski definition) is 3. The molecule has 0 aliphatic carbocycles. The minimum Gasteiger partial charge on any atom is -0.507 e. The average molecular weight is 456 g/mol. The zero-order valence-electron chi connectivity index (χ0n) is 18.5. The molecule has 3 N–H and O–H groups in total. The molecule has 0 fully saturated rings. The predicted molar refractivity (Wildman–Crippen MR) is 127 cm³/mol. The van der Waals surface area contributed by atoms with Gasteiger partial charge in [0.2, 0.25) is 0 Å². The molecule has 1 atom stereocenters. The second kappa shape index (κ2) is 9.41. The Morgan fingerprint density at radius 3 is 2.44 bits per heavy atom. The van der Waals surface area contributed by atoms with Crippen molar-refractivity contribution in [3.63, 3.8) is 0 Å². The summed E-state index contributed by atoms with van der Waals surface area (Å²) >= 11 is 0. The molecule has 5 rings (SSSR count). The fourth-order valence-electron chi connectivity index (χ4n) is 4.38. The summed E-state index contributed by atoms with van der Waals surface area (Å²) in [6.45, 7) is 0.851. The molecular formula is C27H25N3O4. The molecule has 4 aromatic rings. The first kappa shape index (κ1) is 21.7. The summed E-state index contributed by atoms with van der Waals surface area (Å²) in [4.78, 5) is 15.0. The van der Waals surface area contributed by atoms with Crippen LogP contribution in [0.25, 0.3) is 11.3 Å². The van der Waals surface area contributed by atoms with E-state index in [0.29, 0.717) is 36.5 Å². The average Bonchev–Trinajstić information content (AvgIpc) is 3.41. The Kier molecular flexibility index (Phi) is 6.01. The van der Waals surface area contributed by atoms with Crippen molar-refractivity contribution in [2.45, 2.75) is 19.1 Å². The van der Waals surface area contributed by atoms with E-state index in [4.69, 9.17) is 4.74 Å². The number of phenols is 1. The molecule has 1 aromatic heterocycles. The van der Waals surface area contributed by atoms with Crippen molar-refractivity contribution in [1.29, 1.82) is 0 Å². The van der Waals surface area contributed by atoms with Crippen LogP contribution >= 0.6 is 0 Å². The second-order valence-electron chi connectivity index (χ2n) is 8.20. The summed E-state index contributed by atoms with van der Waals surface area (Å²) in [5.41, 5.74) is 4.22. The normalized spacial score (nSPS) is 14.9. The lowest BCUT2D eigenvalue weighted by Crippen LogP contribution is -2.31. The topological polar surface area (TPSA) is 98.7 Å². The number of hydrogen-bond acceptors (Lipinski definition) is 5. The molecule has 0 saturated heterocycles. The van der Waals surface area contributed by atoms with E-state index in [-0.39, 0.29) is 18.3 Å². The lowest BCUT2D eigenvalue weighted by atomic mass is 9.95. The molecule has 172 valence electrons. The lowest BCUT2D eigenvalue weighted by molar-refractivity contribution is 0.0732. The first-order chi connectivity index (χ1) is 16.7. The van der Waals surface area contributed by atoms with E-state index in [2.05, 4.69) is 10.2 Å². The van der Waals surface area contributed by atoms with E-state index in [0.717, 1.165) is 22.4 Å². The van der Waals surface area contributed by atoms with Crippen molar-refractivity contribution < 1.29 is 19.7 Å². The van der Waals surface area contributed by atoms with Crippen LogP contribution in [-0.2, 0) is 6.61 Å². The Bertz CT molecular complexity index is 1280. The van der Waals surface area contributed by atoms with Gasteiger partial charge >= 0.3 is 0 Å². The highest BCUT2D eigenvalue weighted by Gasteiger charge is 2.42.